The second-order valence-corrected chi connectivity index (χ2v) is 7.14. The number of halogens is 2. The third-order valence-corrected chi connectivity index (χ3v) is 5.12. The highest BCUT2D eigenvalue weighted by Crippen LogP contribution is 2.23. The monoisotopic (exact) mass is 418 g/mol. The minimum Gasteiger partial charge on any atom is -0.366 e. The zero-order valence-electron chi connectivity index (χ0n) is 14.5. The minimum absolute atomic E-state index is 0.0125. The maximum Gasteiger partial charge on any atom is 0.253 e. The van der Waals surface area contributed by atoms with Crippen molar-refractivity contribution in [3.63, 3.8) is 0 Å². The van der Waals surface area contributed by atoms with Crippen LogP contribution in [0.1, 0.15) is 34.1 Å². The van der Waals surface area contributed by atoms with E-state index in [0.29, 0.717) is 49.4 Å². The fourth-order valence-corrected chi connectivity index (χ4v) is 3.33. The van der Waals surface area contributed by atoms with Crippen molar-refractivity contribution in [1.29, 1.82) is 0 Å². The Morgan fingerprint density at radius 1 is 1.00 bits per heavy atom. The minimum atomic E-state index is -0.392. The summed E-state index contributed by atoms with van der Waals surface area (Å²) in [6, 6.07) is 11.9. The van der Waals surface area contributed by atoms with Gasteiger partial charge in [0.05, 0.1) is 5.69 Å². The molecule has 1 fully saturated rings. The highest BCUT2D eigenvalue weighted by molar-refractivity contribution is 9.10. The standard InChI is InChI=1S/C20H20BrFN2O2/c1-2-19(25)15-5-8-18(17(22)13-15)23-9-11-24(12-10-23)20(26)14-3-6-16(21)7-4-14/h3-8,13H,2,9-12H2,1H3. The van der Waals surface area contributed by atoms with Crippen LogP contribution < -0.4 is 4.90 Å². The van der Waals surface area contributed by atoms with Crippen LogP contribution in [0.25, 0.3) is 0 Å². The molecule has 2 aromatic rings. The molecule has 0 saturated carbocycles. The van der Waals surface area contributed by atoms with Crippen LogP contribution >= 0.6 is 15.9 Å². The van der Waals surface area contributed by atoms with Crippen LogP contribution in [0.4, 0.5) is 10.1 Å². The Morgan fingerprint density at radius 3 is 2.19 bits per heavy atom. The first-order valence-corrected chi connectivity index (χ1v) is 9.41. The molecule has 1 heterocycles. The number of anilines is 1. The second kappa shape index (κ2) is 7.99. The Bertz CT molecular complexity index is 815. The summed E-state index contributed by atoms with van der Waals surface area (Å²) < 4.78 is 15.3. The van der Waals surface area contributed by atoms with E-state index in [0.717, 1.165) is 4.47 Å². The van der Waals surface area contributed by atoms with Gasteiger partial charge in [0.25, 0.3) is 5.91 Å². The van der Waals surface area contributed by atoms with E-state index in [9.17, 15) is 14.0 Å². The van der Waals surface area contributed by atoms with Gasteiger partial charge < -0.3 is 9.80 Å². The molecule has 136 valence electrons. The number of Topliss-reactive ketones (excluding diaryl/α,β-unsaturated/α-hetero) is 1. The van der Waals surface area contributed by atoms with E-state index in [4.69, 9.17) is 0 Å². The molecule has 0 bridgehead atoms. The van der Waals surface area contributed by atoms with Gasteiger partial charge in [-0.1, -0.05) is 22.9 Å². The van der Waals surface area contributed by atoms with Gasteiger partial charge in [0.2, 0.25) is 0 Å². The molecule has 0 radical (unpaired) electrons. The van der Waals surface area contributed by atoms with Gasteiger partial charge in [-0.05, 0) is 42.5 Å². The lowest BCUT2D eigenvalue weighted by molar-refractivity contribution is 0.0746. The Morgan fingerprint density at radius 2 is 1.62 bits per heavy atom. The molecule has 0 aromatic heterocycles. The number of carbonyl (C=O) groups is 2. The largest absolute Gasteiger partial charge is 0.366 e. The van der Waals surface area contributed by atoms with E-state index in [1.807, 2.05) is 17.0 Å². The van der Waals surface area contributed by atoms with Crippen molar-refractivity contribution in [3.8, 4) is 0 Å². The summed E-state index contributed by atoms with van der Waals surface area (Å²) in [5.41, 5.74) is 1.53. The molecule has 4 nitrogen and oxygen atoms in total. The highest BCUT2D eigenvalue weighted by Gasteiger charge is 2.24. The summed E-state index contributed by atoms with van der Waals surface area (Å²) in [6.07, 6.45) is 0.357. The number of piperazine rings is 1. The quantitative estimate of drug-likeness (QED) is 0.700. The normalized spacial score (nSPS) is 14.4. The van der Waals surface area contributed by atoms with Crippen LogP contribution in [0.3, 0.4) is 0 Å². The van der Waals surface area contributed by atoms with Crippen LogP contribution in [0.15, 0.2) is 46.9 Å². The molecule has 1 aliphatic heterocycles. The van der Waals surface area contributed by atoms with Crippen LogP contribution in [0.5, 0.6) is 0 Å². The van der Waals surface area contributed by atoms with Gasteiger partial charge in [-0.2, -0.15) is 0 Å². The number of nitrogens with zero attached hydrogens (tertiary/aromatic N) is 2. The topological polar surface area (TPSA) is 40.6 Å². The average molecular weight is 419 g/mol. The van der Waals surface area contributed by atoms with Crippen molar-refractivity contribution in [2.75, 3.05) is 31.1 Å². The first-order chi connectivity index (χ1) is 12.5. The predicted molar refractivity (Wildman–Crippen MR) is 103 cm³/mol. The van der Waals surface area contributed by atoms with E-state index in [2.05, 4.69) is 15.9 Å². The Kier molecular flexibility index (Phi) is 5.71. The van der Waals surface area contributed by atoms with Gasteiger partial charge in [0, 0.05) is 48.2 Å². The van der Waals surface area contributed by atoms with Crippen molar-refractivity contribution in [2.24, 2.45) is 0 Å². The predicted octanol–water partition coefficient (Wildman–Crippen LogP) is 4.14. The van der Waals surface area contributed by atoms with Crippen molar-refractivity contribution in [1.82, 2.24) is 4.90 Å². The molecular formula is C20H20BrFN2O2. The molecule has 0 spiro atoms. The van der Waals surface area contributed by atoms with E-state index >= 15 is 0 Å². The van der Waals surface area contributed by atoms with E-state index in [-0.39, 0.29) is 11.7 Å². The lowest BCUT2D eigenvalue weighted by atomic mass is 10.1. The number of rotatable bonds is 4. The third kappa shape index (κ3) is 3.96. The first kappa shape index (κ1) is 18.6. The molecule has 26 heavy (non-hydrogen) atoms. The van der Waals surface area contributed by atoms with E-state index in [1.165, 1.54) is 6.07 Å². The molecule has 1 saturated heterocycles. The summed E-state index contributed by atoms with van der Waals surface area (Å²) in [7, 11) is 0. The highest BCUT2D eigenvalue weighted by atomic mass is 79.9. The van der Waals surface area contributed by atoms with Gasteiger partial charge in [0.1, 0.15) is 5.82 Å². The van der Waals surface area contributed by atoms with Crippen molar-refractivity contribution in [3.05, 3.63) is 63.9 Å². The lowest BCUT2D eigenvalue weighted by Gasteiger charge is -2.36. The van der Waals surface area contributed by atoms with Gasteiger partial charge in [0.15, 0.2) is 5.78 Å². The molecule has 6 heteroatoms. The van der Waals surface area contributed by atoms with Gasteiger partial charge in [-0.25, -0.2) is 4.39 Å². The van der Waals surface area contributed by atoms with Gasteiger partial charge in [-0.15, -0.1) is 0 Å². The summed E-state index contributed by atoms with van der Waals surface area (Å²) in [5.74, 6) is -0.473. The number of hydrogen-bond donors (Lipinski definition) is 0. The molecule has 1 amide bonds. The Hall–Kier alpha value is -2.21. The Labute approximate surface area is 160 Å². The third-order valence-electron chi connectivity index (χ3n) is 4.59. The lowest BCUT2D eigenvalue weighted by Crippen LogP contribution is -2.49. The van der Waals surface area contributed by atoms with Crippen LogP contribution in [0, 0.1) is 5.82 Å². The fraction of sp³-hybridized carbons (Fsp3) is 0.300. The fourth-order valence-electron chi connectivity index (χ4n) is 3.07. The molecule has 0 unspecified atom stereocenters. The number of hydrogen-bond acceptors (Lipinski definition) is 3. The van der Waals surface area contributed by atoms with Crippen molar-refractivity contribution in [2.45, 2.75) is 13.3 Å². The molecular weight excluding hydrogens is 399 g/mol. The number of carbonyl (C=O) groups excluding carboxylic acids is 2. The summed E-state index contributed by atoms with van der Waals surface area (Å²) >= 11 is 3.36. The second-order valence-electron chi connectivity index (χ2n) is 6.23. The van der Waals surface area contributed by atoms with Crippen molar-refractivity contribution < 1.29 is 14.0 Å². The summed E-state index contributed by atoms with van der Waals surface area (Å²) in [6.45, 7) is 3.93. The Balaban J connectivity index is 1.66. The van der Waals surface area contributed by atoms with Gasteiger partial charge in [-0.3, -0.25) is 9.59 Å². The number of benzene rings is 2. The maximum absolute atomic E-state index is 14.4. The van der Waals surface area contributed by atoms with Crippen LogP contribution in [-0.2, 0) is 0 Å². The smallest absolute Gasteiger partial charge is 0.253 e. The summed E-state index contributed by atoms with van der Waals surface area (Å²) in [5, 5.41) is 0. The summed E-state index contributed by atoms with van der Waals surface area (Å²) in [4.78, 5) is 28.0. The molecule has 0 N–H and O–H groups in total. The van der Waals surface area contributed by atoms with Gasteiger partial charge >= 0.3 is 0 Å². The number of amides is 1. The zero-order valence-corrected chi connectivity index (χ0v) is 16.1. The number of ketones is 1. The van der Waals surface area contributed by atoms with E-state index < -0.39 is 5.82 Å². The van der Waals surface area contributed by atoms with E-state index in [1.54, 1.807) is 36.1 Å². The molecule has 2 aromatic carbocycles. The average Bonchev–Trinajstić information content (AvgIpc) is 2.67. The van der Waals surface area contributed by atoms with Crippen LogP contribution in [0.2, 0.25) is 0 Å². The SMILES string of the molecule is CCC(=O)c1ccc(N2CCN(C(=O)c3ccc(Br)cc3)CC2)c(F)c1. The first-order valence-electron chi connectivity index (χ1n) is 8.62. The molecule has 3 rings (SSSR count). The zero-order chi connectivity index (χ0) is 18.7. The maximum atomic E-state index is 14.4. The molecule has 1 aliphatic rings. The molecule has 0 atom stereocenters. The van der Waals surface area contributed by atoms with Crippen LogP contribution in [-0.4, -0.2) is 42.8 Å². The molecule has 0 aliphatic carbocycles. The van der Waals surface area contributed by atoms with Crippen molar-refractivity contribution >= 4 is 33.3 Å².